The predicted molar refractivity (Wildman–Crippen MR) is 96.2 cm³/mol. The molecule has 0 fully saturated rings. The number of nitriles is 1. The summed E-state index contributed by atoms with van der Waals surface area (Å²) in [7, 11) is 4.76. The van der Waals surface area contributed by atoms with Crippen molar-refractivity contribution in [3.63, 3.8) is 0 Å². The van der Waals surface area contributed by atoms with Crippen LogP contribution in [0.4, 0.5) is 11.5 Å². The number of aromatic nitrogens is 1. The van der Waals surface area contributed by atoms with Crippen LogP contribution in [0.1, 0.15) is 16.7 Å². The first kappa shape index (κ1) is 17.6. The molecule has 1 aromatic carbocycles. The lowest BCUT2D eigenvalue weighted by Gasteiger charge is -2.24. The number of fused-ring (bicyclic) bond motifs is 2. The third-order valence-corrected chi connectivity index (χ3v) is 4.15. The molecule has 2 heterocycles. The first-order chi connectivity index (χ1) is 12.6. The van der Waals surface area contributed by atoms with Gasteiger partial charge in [-0.2, -0.15) is 10.2 Å². The normalized spacial score (nSPS) is 11.6. The third kappa shape index (κ3) is 3.05. The van der Waals surface area contributed by atoms with Crippen molar-refractivity contribution in [1.29, 1.82) is 5.26 Å². The predicted octanol–water partition coefficient (Wildman–Crippen LogP) is 2.31. The number of hydrogen-bond donors (Lipinski definition) is 2. The number of nitrogen functional groups attached to an aromatic ring is 1. The lowest BCUT2D eigenvalue weighted by molar-refractivity contribution is 0.210. The van der Waals surface area contributed by atoms with Crippen LogP contribution >= 0.6 is 0 Å². The second-order valence-electron chi connectivity index (χ2n) is 5.66. The van der Waals surface area contributed by atoms with Gasteiger partial charge in [0, 0.05) is 37.3 Å². The molecule has 0 saturated heterocycles. The fraction of sp³-hybridized carbons (Fsp3) is 0.333. The Hall–Kier alpha value is -3.18. The number of pyridine rings is 1. The summed E-state index contributed by atoms with van der Waals surface area (Å²) < 4.78 is 21.7. The molecule has 0 bridgehead atoms. The van der Waals surface area contributed by atoms with E-state index < -0.39 is 0 Å². The van der Waals surface area contributed by atoms with E-state index in [0.29, 0.717) is 54.0 Å². The number of rotatable bonds is 6. The summed E-state index contributed by atoms with van der Waals surface area (Å²) in [5, 5.41) is 12.7. The van der Waals surface area contributed by atoms with Gasteiger partial charge in [-0.3, -0.25) is 0 Å². The van der Waals surface area contributed by atoms with Crippen LogP contribution in [0.3, 0.4) is 0 Å². The Morgan fingerprint density at radius 1 is 1.27 bits per heavy atom. The minimum Gasteiger partial charge on any atom is -0.493 e. The van der Waals surface area contributed by atoms with Crippen LogP contribution in [-0.4, -0.2) is 39.5 Å². The van der Waals surface area contributed by atoms with Gasteiger partial charge in [-0.25, -0.2) is 0 Å². The van der Waals surface area contributed by atoms with Crippen molar-refractivity contribution < 1.29 is 18.9 Å². The fourth-order valence-corrected chi connectivity index (χ4v) is 2.88. The summed E-state index contributed by atoms with van der Waals surface area (Å²) in [4.78, 5) is 4.26. The van der Waals surface area contributed by atoms with Crippen LogP contribution in [0.5, 0.6) is 23.1 Å². The Labute approximate surface area is 151 Å². The van der Waals surface area contributed by atoms with E-state index in [1.54, 1.807) is 27.4 Å². The number of ether oxygens (including phenoxy) is 4. The molecule has 0 aliphatic carbocycles. The van der Waals surface area contributed by atoms with Gasteiger partial charge in [0.05, 0.1) is 26.5 Å². The average Bonchev–Trinajstić information content (AvgIpc) is 2.65. The summed E-state index contributed by atoms with van der Waals surface area (Å²) >= 11 is 0. The Balaban J connectivity index is 2.07. The van der Waals surface area contributed by atoms with Gasteiger partial charge >= 0.3 is 0 Å². The number of methoxy groups -OCH3 is 3. The largest absolute Gasteiger partial charge is 0.493 e. The van der Waals surface area contributed by atoms with Crippen molar-refractivity contribution in [3.05, 3.63) is 28.8 Å². The molecule has 26 heavy (non-hydrogen) atoms. The van der Waals surface area contributed by atoms with Gasteiger partial charge < -0.3 is 30.0 Å². The van der Waals surface area contributed by atoms with Crippen LogP contribution in [0.15, 0.2) is 12.1 Å². The molecule has 0 amide bonds. The van der Waals surface area contributed by atoms with Gasteiger partial charge in [0.1, 0.15) is 23.2 Å². The van der Waals surface area contributed by atoms with Crippen molar-refractivity contribution in [1.82, 2.24) is 4.98 Å². The highest BCUT2D eigenvalue weighted by molar-refractivity contribution is 5.74. The van der Waals surface area contributed by atoms with Crippen LogP contribution < -0.4 is 25.3 Å². The van der Waals surface area contributed by atoms with E-state index in [9.17, 15) is 5.26 Å². The van der Waals surface area contributed by atoms with Gasteiger partial charge in [-0.15, -0.1) is 0 Å². The lowest BCUT2D eigenvalue weighted by Crippen LogP contribution is -2.16. The minimum absolute atomic E-state index is 0.120. The van der Waals surface area contributed by atoms with Crippen LogP contribution in [0, 0.1) is 11.3 Å². The quantitative estimate of drug-likeness (QED) is 0.647. The van der Waals surface area contributed by atoms with Crippen LogP contribution in [0.25, 0.3) is 0 Å². The molecule has 0 unspecified atom stereocenters. The molecule has 0 spiro atoms. The highest BCUT2D eigenvalue weighted by Crippen LogP contribution is 2.45. The molecule has 0 atom stereocenters. The van der Waals surface area contributed by atoms with E-state index >= 15 is 0 Å². The summed E-state index contributed by atoms with van der Waals surface area (Å²) in [6.45, 7) is 1.02. The molecule has 8 heteroatoms. The topological polar surface area (TPSA) is 112 Å². The highest BCUT2D eigenvalue weighted by Gasteiger charge is 2.27. The molecule has 2 aromatic rings. The van der Waals surface area contributed by atoms with E-state index in [0.717, 1.165) is 11.1 Å². The maximum absolute atomic E-state index is 9.48. The Bertz CT molecular complexity index is 877. The van der Waals surface area contributed by atoms with E-state index in [2.05, 4.69) is 16.4 Å². The first-order valence-electron chi connectivity index (χ1n) is 8.00. The van der Waals surface area contributed by atoms with Gasteiger partial charge in [-0.1, -0.05) is 0 Å². The molecule has 1 aliphatic heterocycles. The molecular formula is C18H20N4O4. The number of benzene rings is 1. The zero-order valence-corrected chi connectivity index (χ0v) is 14.9. The molecule has 1 aromatic heterocycles. The maximum atomic E-state index is 9.48. The zero-order valence-electron chi connectivity index (χ0n) is 14.9. The monoisotopic (exact) mass is 356 g/mol. The number of nitrogens with zero attached hydrogens (tertiary/aromatic N) is 2. The Morgan fingerprint density at radius 3 is 2.65 bits per heavy atom. The van der Waals surface area contributed by atoms with Crippen molar-refractivity contribution in [2.24, 2.45) is 0 Å². The number of anilines is 2. The number of nitrogens with two attached hydrogens (primary N) is 1. The summed E-state index contributed by atoms with van der Waals surface area (Å²) in [6, 6.07) is 5.73. The zero-order chi connectivity index (χ0) is 18.7. The number of hydrogen-bond acceptors (Lipinski definition) is 8. The molecule has 8 nitrogen and oxygen atoms in total. The average molecular weight is 356 g/mol. The highest BCUT2D eigenvalue weighted by atomic mass is 16.5. The van der Waals surface area contributed by atoms with Crippen molar-refractivity contribution >= 4 is 11.5 Å². The Morgan fingerprint density at radius 2 is 2.00 bits per heavy atom. The third-order valence-electron chi connectivity index (χ3n) is 4.15. The summed E-state index contributed by atoms with van der Waals surface area (Å²) in [5.74, 6) is 2.29. The van der Waals surface area contributed by atoms with E-state index in [1.165, 1.54) is 0 Å². The standard InChI is InChI=1S/C18H20N4O4/c1-23-5-4-21-16-11-6-10-7-14(24-2)15(25-3)8-13(10)26-18(11)22-17(20)12(16)9-19/h7-8H,4-6H2,1-3H3,(H3,20,21,22). The SMILES string of the molecule is COCCNc1c(C#N)c(N)nc2c1Cc1cc(OC)c(OC)cc1O2. The van der Waals surface area contributed by atoms with Crippen molar-refractivity contribution in [2.75, 3.05) is 45.5 Å². The smallest absolute Gasteiger partial charge is 0.226 e. The lowest BCUT2D eigenvalue weighted by atomic mass is 9.98. The first-order valence-corrected chi connectivity index (χ1v) is 8.00. The van der Waals surface area contributed by atoms with Crippen molar-refractivity contribution in [2.45, 2.75) is 6.42 Å². The van der Waals surface area contributed by atoms with Crippen molar-refractivity contribution in [3.8, 4) is 29.2 Å². The minimum atomic E-state index is 0.120. The van der Waals surface area contributed by atoms with Gasteiger partial charge in [-0.05, 0) is 6.07 Å². The summed E-state index contributed by atoms with van der Waals surface area (Å²) in [6.07, 6.45) is 0.516. The molecular weight excluding hydrogens is 336 g/mol. The molecule has 0 radical (unpaired) electrons. The molecule has 3 N–H and O–H groups in total. The van der Waals surface area contributed by atoms with E-state index in [4.69, 9.17) is 24.7 Å². The van der Waals surface area contributed by atoms with Crippen LogP contribution in [-0.2, 0) is 11.2 Å². The van der Waals surface area contributed by atoms with E-state index in [-0.39, 0.29) is 5.82 Å². The molecule has 3 rings (SSSR count). The van der Waals surface area contributed by atoms with Crippen LogP contribution in [0.2, 0.25) is 0 Å². The van der Waals surface area contributed by atoms with Gasteiger partial charge in [0.2, 0.25) is 5.88 Å². The second-order valence-corrected chi connectivity index (χ2v) is 5.66. The Kier molecular flexibility index (Phi) is 5.00. The molecule has 0 saturated carbocycles. The van der Waals surface area contributed by atoms with Gasteiger partial charge in [0.15, 0.2) is 11.5 Å². The molecule has 1 aliphatic rings. The summed E-state index contributed by atoms with van der Waals surface area (Å²) in [5.41, 5.74) is 8.54. The number of nitrogens with one attached hydrogen (secondary N) is 1. The molecule has 136 valence electrons. The van der Waals surface area contributed by atoms with Gasteiger partial charge in [0.25, 0.3) is 0 Å². The van der Waals surface area contributed by atoms with E-state index in [1.807, 2.05) is 6.07 Å². The maximum Gasteiger partial charge on any atom is 0.226 e. The second kappa shape index (κ2) is 7.37. The fourth-order valence-electron chi connectivity index (χ4n) is 2.88.